The lowest BCUT2D eigenvalue weighted by Crippen LogP contribution is -2.35. The Balaban J connectivity index is 2.41. The molecule has 11 heteroatoms. The molecule has 0 amide bonds. The van der Waals surface area contributed by atoms with Gasteiger partial charge in [-0.3, -0.25) is 0 Å². The Morgan fingerprint density at radius 1 is 0.857 bits per heavy atom. The SMILES string of the molecule is C=C(c1ccc([C](C(F)(F)F)C(F)(F)F)cc1)S(=O)(=O)c1ccc(F)c(Br)c1. The molecular formula is C17H9BrF7O2S. The predicted molar refractivity (Wildman–Crippen MR) is 91.2 cm³/mol. The van der Waals surface area contributed by atoms with Gasteiger partial charge in [0.05, 0.1) is 14.3 Å². The van der Waals surface area contributed by atoms with Gasteiger partial charge in [-0.1, -0.05) is 30.8 Å². The van der Waals surface area contributed by atoms with E-state index in [0.29, 0.717) is 12.1 Å². The molecule has 0 aliphatic heterocycles. The van der Waals surface area contributed by atoms with Crippen molar-refractivity contribution < 1.29 is 39.2 Å². The second-order valence-electron chi connectivity index (χ2n) is 5.45. The molecule has 0 N–H and O–H groups in total. The molecule has 151 valence electrons. The fourth-order valence-electron chi connectivity index (χ4n) is 2.25. The van der Waals surface area contributed by atoms with Gasteiger partial charge in [-0.05, 0) is 45.3 Å². The maximum atomic E-state index is 13.3. The number of alkyl halides is 6. The van der Waals surface area contributed by atoms with Crippen molar-refractivity contribution in [3.05, 3.63) is 76.4 Å². The molecular weight excluding hydrogens is 481 g/mol. The minimum Gasteiger partial charge on any atom is -0.219 e. The van der Waals surface area contributed by atoms with Crippen LogP contribution in [-0.4, -0.2) is 20.8 Å². The molecule has 1 radical (unpaired) electrons. The molecule has 28 heavy (non-hydrogen) atoms. The van der Waals surface area contributed by atoms with E-state index in [2.05, 4.69) is 22.5 Å². The second kappa shape index (κ2) is 7.51. The van der Waals surface area contributed by atoms with Gasteiger partial charge in [0.25, 0.3) is 0 Å². The highest BCUT2D eigenvalue weighted by atomic mass is 79.9. The quantitative estimate of drug-likeness (QED) is 0.385. The third-order valence-corrected chi connectivity index (χ3v) is 5.95. The fourth-order valence-corrected chi connectivity index (χ4v) is 4.03. The van der Waals surface area contributed by atoms with Crippen LogP contribution in [-0.2, 0) is 9.84 Å². The summed E-state index contributed by atoms with van der Waals surface area (Å²) in [7, 11) is -4.26. The molecule has 2 aromatic carbocycles. The van der Waals surface area contributed by atoms with E-state index in [1.165, 1.54) is 0 Å². The van der Waals surface area contributed by atoms with E-state index in [4.69, 9.17) is 0 Å². The minimum absolute atomic E-state index is 0.147. The van der Waals surface area contributed by atoms with Gasteiger partial charge in [-0.25, -0.2) is 12.8 Å². The van der Waals surface area contributed by atoms with Gasteiger partial charge in [-0.15, -0.1) is 0 Å². The van der Waals surface area contributed by atoms with Crippen LogP contribution in [0.4, 0.5) is 30.7 Å². The fraction of sp³-hybridized carbons (Fsp3) is 0.118. The maximum absolute atomic E-state index is 13.3. The van der Waals surface area contributed by atoms with Crippen molar-refractivity contribution in [2.75, 3.05) is 0 Å². The molecule has 2 nitrogen and oxygen atoms in total. The van der Waals surface area contributed by atoms with Crippen LogP contribution in [0.3, 0.4) is 0 Å². The topological polar surface area (TPSA) is 34.1 Å². The Bertz CT molecular complexity index is 980. The Labute approximate surface area is 163 Å². The highest BCUT2D eigenvalue weighted by Crippen LogP contribution is 2.45. The lowest BCUT2D eigenvalue weighted by molar-refractivity contribution is -0.197. The average Bonchev–Trinajstić information content (AvgIpc) is 2.54. The van der Waals surface area contributed by atoms with Crippen molar-refractivity contribution in [2.45, 2.75) is 17.2 Å². The highest BCUT2D eigenvalue weighted by molar-refractivity contribution is 9.10. The van der Waals surface area contributed by atoms with Gasteiger partial charge < -0.3 is 0 Å². The summed E-state index contributed by atoms with van der Waals surface area (Å²) >= 11 is 2.82. The molecule has 2 aromatic rings. The number of halogens is 8. The number of sulfone groups is 1. The van der Waals surface area contributed by atoms with Crippen molar-refractivity contribution >= 4 is 30.7 Å². The Hall–Kier alpha value is -1.88. The van der Waals surface area contributed by atoms with Gasteiger partial charge in [0, 0.05) is 0 Å². The molecule has 0 unspecified atom stereocenters. The summed E-state index contributed by atoms with van der Waals surface area (Å²) in [5.41, 5.74) is -1.38. The number of hydrogen-bond acceptors (Lipinski definition) is 2. The first-order valence-electron chi connectivity index (χ1n) is 7.17. The normalized spacial score (nSPS) is 13.0. The van der Waals surface area contributed by atoms with Gasteiger partial charge in [-0.2, -0.15) is 26.3 Å². The first-order chi connectivity index (χ1) is 12.7. The third-order valence-electron chi connectivity index (χ3n) is 3.59. The van der Waals surface area contributed by atoms with Crippen LogP contribution in [0.25, 0.3) is 4.91 Å². The molecule has 0 saturated heterocycles. The van der Waals surface area contributed by atoms with Crippen molar-refractivity contribution in [1.82, 2.24) is 0 Å². The van der Waals surface area contributed by atoms with E-state index in [9.17, 15) is 39.2 Å². The molecule has 0 heterocycles. The van der Waals surface area contributed by atoms with E-state index < -0.39 is 44.4 Å². The summed E-state index contributed by atoms with van der Waals surface area (Å²) in [6, 6.07) is 5.37. The van der Waals surface area contributed by atoms with Crippen molar-refractivity contribution in [3.8, 4) is 0 Å². The Morgan fingerprint density at radius 2 is 1.32 bits per heavy atom. The average molecular weight is 490 g/mol. The summed E-state index contributed by atoms with van der Waals surface area (Å²) in [5, 5.41) is 0. The monoisotopic (exact) mass is 489 g/mol. The Kier molecular flexibility index (Phi) is 6.01. The molecule has 0 aromatic heterocycles. The van der Waals surface area contributed by atoms with Gasteiger partial charge in [0.1, 0.15) is 5.82 Å². The molecule has 0 aliphatic carbocycles. The number of benzene rings is 2. The zero-order valence-electron chi connectivity index (χ0n) is 13.5. The van der Waals surface area contributed by atoms with Crippen LogP contribution in [0.1, 0.15) is 11.1 Å². The standard InChI is InChI=1S/C17H9BrF7O2S/c1-9(28(26,27)12-6-7-14(19)13(18)8-12)10-2-4-11(5-3-10)15(16(20,21)22)17(23,24)25/h2-8H,1H2. The molecule has 0 fully saturated rings. The molecule has 0 atom stereocenters. The molecule has 0 bridgehead atoms. The lowest BCUT2D eigenvalue weighted by atomic mass is 9.97. The molecule has 0 saturated carbocycles. The number of rotatable bonds is 4. The first-order valence-corrected chi connectivity index (χ1v) is 9.44. The summed E-state index contributed by atoms with van der Waals surface area (Å²) in [6.45, 7) is 3.35. The third kappa shape index (κ3) is 4.57. The maximum Gasteiger partial charge on any atom is 0.408 e. The van der Waals surface area contributed by atoms with Crippen LogP contribution in [0.15, 0.2) is 58.4 Å². The zero-order valence-corrected chi connectivity index (χ0v) is 15.9. The highest BCUT2D eigenvalue weighted by Gasteiger charge is 2.58. The van der Waals surface area contributed by atoms with Crippen LogP contribution in [0, 0.1) is 11.7 Å². The van der Waals surface area contributed by atoms with Crippen LogP contribution >= 0.6 is 15.9 Å². The van der Waals surface area contributed by atoms with E-state index in [1.54, 1.807) is 0 Å². The first kappa shape index (κ1) is 22.4. The van der Waals surface area contributed by atoms with Crippen molar-refractivity contribution in [1.29, 1.82) is 0 Å². The molecule has 0 spiro atoms. The zero-order chi connectivity index (χ0) is 21.5. The lowest BCUT2D eigenvalue weighted by Gasteiger charge is -2.22. The minimum atomic E-state index is -5.65. The van der Waals surface area contributed by atoms with Gasteiger partial charge >= 0.3 is 12.4 Å². The summed E-state index contributed by atoms with van der Waals surface area (Å²) in [6.07, 6.45) is -11.3. The predicted octanol–water partition coefficient (Wildman–Crippen LogP) is 6.08. The Morgan fingerprint density at radius 3 is 1.75 bits per heavy atom. The van der Waals surface area contributed by atoms with Crippen molar-refractivity contribution in [2.24, 2.45) is 0 Å². The van der Waals surface area contributed by atoms with E-state index in [0.717, 1.165) is 30.3 Å². The molecule has 2 rings (SSSR count). The van der Waals surface area contributed by atoms with E-state index in [-0.39, 0.29) is 14.9 Å². The van der Waals surface area contributed by atoms with Crippen molar-refractivity contribution in [3.63, 3.8) is 0 Å². The van der Waals surface area contributed by atoms with Crippen LogP contribution < -0.4 is 0 Å². The molecule has 0 aliphatic rings. The number of hydrogen-bond donors (Lipinski definition) is 0. The van der Waals surface area contributed by atoms with Gasteiger partial charge in [0.2, 0.25) is 15.8 Å². The largest absolute Gasteiger partial charge is 0.408 e. The van der Waals surface area contributed by atoms with Crippen LogP contribution in [0.2, 0.25) is 0 Å². The van der Waals surface area contributed by atoms with E-state index >= 15 is 0 Å². The van der Waals surface area contributed by atoms with Gasteiger partial charge in [0.15, 0.2) is 0 Å². The summed E-state index contributed by atoms with van der Waals surface area (Å²) < 4.78 is 115. The summed E-state index contributed by atoms with van der Waals surface area (Å²) in [5.74, 6) is -3.43. The second-order valence-corrected chi connectivity index (χ2v) is 8.28. The summed E-state index contributed by atoms with van der Waals surface area (Å²) in [4.78, 5) is -0.925. The van der Waals surface area contributed by atoms with Crippen LogP contribution in [0.5, 0.6) is 0 Å². The van der Waals surface area contributed by atoms with E-state index in [1.807, 2.05) is 0 Å². The smallest absolute Gasteiger partial charge is 0.219 e.